The Balaban J connectivity index is 2.43. The molecular weight excluding hydrogens is 196 g/mol. The number of nitrogens with one attached hydrogen (secondary N) is 1. The van der Waals surface area contributed by atoms with Crippen molar-refractivity contribution in [3.63, 3.8) is 0 Å². The van der Waals surface area contributed by atoms with Gasteiger partial charge in [0.1, 0.15) is 11.6 Å². The third-order valence-corrected chi connectivity index (χ3v) is 2.43. The highest BCUT2D eigenvalue weighted by Crippen LogP contribution is 2.29. The first-order valence-electron chi connectivity index (χ1n) is 4.06. The summed E-state index contributed by atoms with van der Waals surface area (Å²) in [5.74, 6) is -1.13. The van der Waals surface area contributed by atoms with Crippen LogP contribution in [0.2, 0.25) is 5.02 Å². The van der Waals surface area contributed by atoms with E-state index in [1.165, 1.54) is 0 Å². The fourth-order valence-electron chi connectivity index (χ4n) is 1.42. The van der Waals surface area contributed by atoms with Gasteiger partial charge in [-0.3, -0.25) is 0 Å². The van der Waals surface area contributed by atoms with Crippen molar-refractivity contribution in [1.82, 2.24) is 5.32 Å². The first-order valence-corrected chi connectivity index (χ1v) is 4.44. The molecule has 1 N–H and O–H groups in total. The predicted molar refractivity (Wildman–Crippen MR) is 46.7 cm³/mol. The summed E-state index contributed by atoms with van der Waals surface area (Å²) in [7, 11) is 0. The van der Waals surface area contributed by atoms with Crippen LogP contribution in [-0.4, -0.2) is 6.54 Å². The Morgan fingerprint density at radius 1 is 1.31 bits per heavy atom. The van der Waals surface area contributed by atoms with E-state index in [1.54, 1.807) is 0 Å². The summed E-state index contributed by atoms with van der Waals surface area (Å²) in [4.78, 5) is 0. The van der Waals surface area contributed by atoms with E-state index < -0.39 is 11.6 Å². The van der Waals surface area contributed by atoms with E-state index in [1.807, 2.05) is 0 Å². The molecule has 0 aromatic heterocycles. The minimum Gasteiger partial charge on any atom is -0.310 e. The van der Waals surface area contributed by atoms with Crippen molar-refractivity contribution in [1.29, 1.82) is 0 Å². The van der Waals surface area contributed by atoms with Gasteiger partial charge in [-0.15, -0.1) is 0 Å². The Labute approximate surface area is 79.7 Å². The molecule has 2 rings (SSSR count). The molecule has 1 heterocycles. The lowest BCUT2D eigenvalue weighted by Gasteiger charge is -2.28. The van der Waals surface area contributed by atoms with Gasteiger partial charge in [-0.05, 0) is 25.1 Å². The van der Waals surface area contributed by atoms with Gasteiger partial charge < -0.3 is 5.32 Å². The van der Waals surface area contributed by atoms with Crippen LogP contribution in [0, 0.1) is 11.6 Å². The molecule has 0 amide bonds. The van der Waals surface area contributed by atoms with Gasteiger partial charge in [-0.2, -0.15) is 0 Å². The van der Waals surface area contributed by atoms with E-state index in [9.17, 15) is 8.78 Å². The van der Waals surface area contributed by atoms with Crippen LogP contribution in [0.1, 0.15) is 18.0 Å². The summed E-state index contributed by atoms with van der Waals surface area (Å²) in [5, 5.41) is 3.04. The summed E-state index contributed by atoms with van der Waals surface area (Å²) in [6.07, 6.45) is 0.773. The van der Waals surface area contributed by atoms with Gasteiger partial charge in [0.2, 0.25) is 0 Å². The minimum absolute atomic E-state index is 0.0954. The van der Waals surface area contributed by atoms with Crippen LogP contribution >= 0.6 is 11.6 Å². The van der Waals surface area contributed by atoms with E-state index in [2.05, 4.69) is 5.32 Å². The molecule has 1 fully saturated rings. The highest BCUT2D eigenvalue weighted by Gasteiger charge is 2.25. The molecule has 0 saturated carbocycles. The number of rotatable bonds is 1. The van der Waals surface area contributed by atoms with Gasteiger partial charge in [-0.1, -0.05) is 11.6 Å². The molecule has 1 aromatic carbocycles. The first-order chi connectivity index (χ1) is 6.18. The largest absolute Gasteiger partial charge is 0.310 e. The smallest absolute Gasteiger partial charge is 0.132 e. The second kappa shape index (κ2) is 3.24. The lowest BCUT2D eigenvalue weighted by Crippen LogP contribution is -2.36. The zero-order valence-corrected chi connectivity index (χ0v) is 7.54. The van der Waals surface area contributed by atoms with Gasteiger partial charge >= 0.3 is 0 Å². The molecule has 1 aliphatic rings. The third-order valence-electron chi connectivity index (χ3n) is 2.22. The van der Waals surface area contributed by atoms with Crippen LogP contribution in [0.3, 0.4) is 0 Å². The van der Waals surface area contributed by atoms with Gasteiger partial charge in [0, 0.05) is 16.6 Å². The van der Waals surface area contributed by atoms with Crippen molar-refractivity contribution in [2.45, 2.75) is 12.5 Å². The topological polar surface area (TPSA) is 12.0 Å². The SMILES string of the molecule is Fc1cc(Cl)cc(F)c1[C@H]1CCN1. The summed E-state index contributed by atoms with van der Waals surface area (Å²) < 4.78 is 26.4. The van der Waals surface area contributed by atoms with Crippen LogP contribution in [0.25, 0.3) is 0 Å². The highest BCUT2D eigenvalue weighted by molar-refractivity contribution is 6.30. The van der Waals surface area contributed by atoms with Crippen molar-refractivity contribution < 1.29 is 8.78 Å². The van der Waals surface area contributed by atoms with E-state index in [0.717, 1.165) is 25.1 Å². The molecule has 4 heteroatoms. The van der Waals surface area contributed by atoms with E-state index >= 15 is 0 Å². The lowest BCUT2D eigenvalue weighted by molar-refractivity contribution is 0.356. The summed E-state index contributed by atoms with van der Waals surface area (Å²) in [5.41, 5.74) is 0.107. The molecular formula is C9H8ClF2N. The standard InChI is InChI=1S/C9H8ClF2N/c10-5-3-6(11)9(7(12)4-5)8-1-2-13-8/h3-4,8,13H,1-2H2/t8-/m1/s1. The van der Waals surface area contributed by atoms with Crippen LogP contribution in [-0.2, 0) is 0 Å². The average Bonchev–Trinajstić information content (AvgIpc) is 1.92. The van der Waals surface area contributed by atoms with E-state index in [4.69, 9.17) is 11.6 Å². The molecule has 1 atom stereocenters. The van der Waals surface area contributed by atoms with Gasteiger partial charge in [0.15, 0.2) is 0 Å². The van der Waals surface area contributed by atoms with E-state index in [-0.39, 0.29) is 16.6 Å². The zero-order chi connectivity index (χ0) is 9.42. The Hall–Kier alpha value is -0.670. The Bertz CT molecular complexity index is 313. The quantitative estimate of drug-likeness (QED) is 0.740. The second-order valence-electron chi connectivity index (χ2n) is 3.08. The molecule has 0 unspecified atom stereocenters. The van der Waals surface area contributed by atoms with Crippen LogP contribution in [0.5, 0.6) is 0 Å². The van der Waals surface area contributed by atoms with Crippen molar-refractivity contribution >= 4 is 11.6 Å². The number of benzene rings is 1. The van der Waals surface area contributed by atoms with Crippen LogP contribution in [0.15, 0.2) is 12.1 Å². The van der Waals surface area contributed by atoms with Crippen LogP contribution in [0.4, 0.5) is 8.78 Å². The molecule has 1 aliphatic heterocycles. The second-order valence-corrected chi connectivity index (χ2v) is 3.51. The molecule has 0 bridgehead atoms. The fraction of sp³-hybridized carbons (Fsp3) is 0.333. The zero-order valence-electron chi connectivity index (χ0n) is 6.78. The minimum atomic E-state index is -0.567. The number of hydrogen-bond acceptors (Lipinski definition) is 1. The van der Waals surface area contributed by atoms with Gasteiger partial charge in [0.05, 0.1) is 0 Å². The normalized spacial score (nSPS) is 21.3. The fourth-order valence-corrected chi connectivity index (χ4v) is 1.61. The Morgan fingerprint density at radius 3 is 2.23 bits per heavy atom. The molecule has 0 radical (unpaired) electrons. The maximum absolute atomic E-state index is 13.2. The predicted octanol–water partition coefficient (Wildman–Crippen LogP) is 2.65. The molecule has 13 heavy (non-hydrogen) atoms. The maximum atomic E-state index is 13.2. The van der Waals surface area contributed by atoms with E-state index in [0.29, 0.717) is 0 Å². The lowest BCUT2D eigenvalue weighted by atomic mass is 9.97. The van der Waals surface area contributed by atoms with Gasteiger partial charge in [-0.25, -0.2) is 8.78 Å². The van der Waals surface area contributed by atoms with Crippen molar-refractivity contribution in [2.24, 2.45) is 0 Å². The highest BCUT2D eigenvalue weighted by atomic mass is 35.5. The summed E-state index contributed by atoms with van der Waals surface area (Å²) in [6.45, 7) is 0.812. The molecule has 0 spiro atoms. The molecule has 0 aliphatic carbocycles. The Morgan fingerprint density at radius 2 is 1.85 bits per heavy atom. The monoisotopic (exact) mass is 203 g/mol. The molecule has 1 nitrogen and oxygen atoms in total. The Kier molecular flexibility index (Phi) is 2.22. The molecule has 70 valence electrons. The van der Waals surface area contributed by atoms with Crippen LogP contribution < -0.4 is 5.32 Å². The summed E-state index contributed by atoms with van der Waals surface area (Å²) >= 11 is 5.49. The van der Waals surface area contributed by atoms with Crippen molar-refractivity contribution in [3.8, 4) is 0 Å². The number of halogens is 3. The maximum Gasteiger partial charge on any atom is 0.132 e. The number of hydrogen-bond donors (Lipinski definition) is 1. The third kappa shape index (κ3) is 1.54. The molecule has 1 aromatic rings. The summed E-state index contributed by atoms with van der Waals surface area (Å²) in [6, 6.07) is 2.09. The first kappa shape index (κ1) is 8.91. The van der Waals surface area contributed by atoms with Crippen molar-refractivity contribution in [3.05, 3.63) is 34.4 Å². The van der Waals surface area contributed by atoms with Gasteiger partial charge in [0.25, 0.3) is 0 Å². The van der Waals surface area contributed by atoms with Crippen molar-refractivity contribution in [2.75, 3.05) is 6.54 Å². The molecule has 1 saturated heterocycles. The average molecular weight is 204 g/mol.